The Morgan fingerprint density at radius 1 is 1.40 bits per heavy atom. The summed E-state index contributed by atoms with van der Waals surface area (Å²) < 4.78 is 10.8. The van der Waals surface area contributed by atoms with Crippen LogP contribution in [0.4, 0.5) is 0 Å². The van der Waals surface area contributed by atoms with Gasteiger partial charge in [0, 0.05) is 18.7 Å². The molecule has 1 aromatic carbocycles. The van der Waals surface area contributed by atoms with Crippen LogP contribution in [0.3, 0.4) is 0 Å². The molecule has 1 atom stereocenters. The number of hydrogen-bond acceptors (Lipinski definition) is 4. The normalized spacial score (nSPS) is 18.9. The molecule has 0 aromatic heterocycles. The van der Waals surface area contributed by atoms with Crippen LogP contribution in [0.15, 0.2) is 18.2 Å². The Morgan fingerprint density at radius 2 is 2.20 bits per heavy atom. The van der Waals surface area contributed by atoms with E-state index in [1.807, 2.05) is 18.2 Å². The summed E-state index contributed by atoms with van der Waals surface area (Å²) in [6, 6.07) is 6.02. The number of methoxy groups -OCH3 is 2. The van der Waals surface area contributed by atoms with Crippen LogP contribution in [0.25, 0.3) is 0 Å². The van der Waals surface area contributed by atoms with Crippen molar-refractivity contribution in [3.8, 4) is 11.5 Å². The van der Waals surface area contributed by atoms with Gasteiger partial charge in [0.15, 0.2) is 0 Å². The monoisotopic (exact) mass is 278 g/mol. The van der Waals surface area contributed by atoms with Gasteiger partial charge in [-0.05, 0) is 37.6 Å². The molecule has 20 heavy (non-hydrogen) atoms. The Balaban J connectivity index is 2.26. The summed E-state index contributed by atoms with van der Waals surface area (Å²) in [5.74, 6) is 1.70. The van der Waals surface area contributed by atoms with Gasteiger partial charge in [0.25, 0.3) is 0 Å². The maximum Gasteiger partial charge on any atom is 0.233 e. The van der Waals surface area contributed by atoms with E-state index in [0.29, 0.717) is 6.54 Å². The lowest BCUT2D eigenvalue weighted by molar-refractivity contribution is -0.122. The molecule has 0 bridgehead atoms. The summed E-state index contributed by atoms with van der Waals surface area (Å²) in [5, 5.41) is 2.68. The van der Waals surface area contributed by atoms with E-state index >= 15 is 0 Å². The topological polar surface area (TPSA) is 50.8 Å². The maximum absolute atomic E-state index is 11.6. The van der Waals surface area contributed by atoms with Crippen LogP contribution in [0, 0.1) is 0 Å². The van der Waals surface area contributed by atoms with E-state index in [4.69, 9.17) is 9.47 Å². The third-order valence-electron chi connectivity index (χ3n) is 3.79. The molecular formula is C15H22N2O3. The highest BCUT2D eigenvalue weighted by atomic mass is 16.5. The fraction of sp³-hybridized carbons (Fsp3) is 0.533. The molecule has 5 heteroatoms. The number of carbonyl (C=O) groups excluding carboxylic acids is 1. The summed E-state index contributed by atoms with van der Waals surface area (Å²) in [6.07, 6.45) is 2.11. The molecule has 1 unspecified atom stereocenters. The van der Waals surface area contributed by atoms with Crippen LogP contribution in [-0.4, -0.2) is 45.2 Å². The molecule has 1 N–H and O–H groups in total. The van der Waals surface area contributed by atoms with E-state index in [9.17, 15) is 4.79 Å². The number of rotatable bonds is 5. The molecule has 1 aliphatic rings. The SMILES string of the molecule is CNC(=O)CN1CCCC1c1cc(OC)ccc1OC. The Hall–Kier alpha value is -1.75. The number of carbonyl (C=O) groups is 1. The van der Waals surface area contributed by atoms with Gasteiger partial charge in [0.05, 0.1) is 20.8 Å². The predicted molar refractivity (Wildman–Crippen MR) is 77.2 cm³/mol. The van der Waals surface area contributed by atoms with Gasteiger partial charge < -0.3 is 14.8 Å². The molecule has 0 aliphatic carbocycles. The van der Waals surface area contributed by atoms with Crippen molar-refractivity contribution in [1.82, 2.24) is 10.2 Å². The van der Waals surface area contributed by atoms with Crippen molar-refractivity contribution < 1.29 is 14.3 Å². The molecule has 0 saturated carbocycles. The van der Waals surface area contributed by atoms with E-state index in [0.717, 1.165) is 36.4 Å². The lowest BCUT2D eigenvalue weighted by atomic mass is 10.0. The standard InChI is InChI=1S/C15H22N2O3/c1-16-15(18)10-17-8-4-5-13(17)12-9-11(19-2)6-7-14(12)20-3/h6-7,9,13H,4-5,8,10H2,1-3H3,(H,16,18). The van der Waals surface area contributed by atoms with Crippen LogP contribution < -0.4 is 14.8 Å². The lowest BCUT2D eigenvalue weighted by Crippen LogP contribution is -2.35. The Morgan fingerprint density at radius 3 is 2.85 bits per heavy atom. The Labute approximate surface area is 119 Å². The first-order valence-corrected chi connectivity index (χ1v) is 6.86. The van der Waals surface area contributed by atoms with E-state index < -0.39 is 0 Å². The summed E-state index contributed by atoms with van der Waals surface area (Å²) in [6.45, 7) is 1.35. The van der Waals surface area contributed by atoms with E-state index in [2.05, 4.69) is 10.2 Å². The first-order valence-electron chi connectivity index (χ1n) is 6.86. The zero-order valence-electron chi connectivity index (χ0n) is 12.3. The van der Waals surface area contributed by atoms with Crippen molar-refractivity contribution in [2.45, 2.75) is 18.9 Å². The third-order valence-corrected chi connectivity index (χ3v) is 3.79. The molecule has 1 saturated heterocycles. The van der Waals surface area contributed by atoms with E-state index in [-0.39, 0.29) is 11.9 Å². The highest BCUT2D eigenvalue weighted by Crippen LogP contribution is 2.38. The first-order chi connectivity index (χ1) is 9.69. The van der Waals surface area contributed by atoms with Crippen LogP contribution >= 0.6 is 0 Å². The summed E-state index contributed by atoms with van der Waals surface area (Å²) in [7, 11) is 4.99. The van der Waals surface area contributed by atoms with Crippen molar-refractivity contribution in [3.63, 3.8) is 0 Å². The Kier molecular flexibility index (Phi) is 4.84. The molecule has 1 fully saturated rings. The quantitative estimate of drug-likeness (QED) is 0.888. The average Bonchev–Trinajstić information content (AvgIpc) is 2.94. The fourth-order valence-electron chi connectivity index (χ4n) is 2.73. The molecule has 1 heterocycles. The van der Waals surface area contributed by atoms with E-state index in [1.165, 1.54) is 0 Å². The smallest absolute Gasteiger partial charge is 0.233 e. The number of nitrogens with zero attached hydrogens (tertiary/aromatic N) is 1. The van der Waals surface area contributed by atoms with Gasteiger partial charge in [-0.15, -0.1) is 0 Å². The largest absolute Gasteiger partial charge is 0.497 e. The number of likely N-dealkylation sites (N-methyl/N-ethyl adjacent to an activating group) is 1. The van der Waals surface area contributed by atoms with Gasteiger partial charge in [-0.1, -0.05) is 0 Å². The van der Waals surface area contributed by atoms with Gasteiger partial charge in [-0.2, -0.15) is 0 Å². The number of ether oxygens (including phenoxy) is 2. The van der Waals surface area contributed by atoms with Crippen molar-refractivity contribution in [3.05, 3.63) is 23.8 Å². The number of benzene rings is 1. The van der Waals surface area contributed by atoms with Crippen molar-refractivity contribution >= 4 is 5.91 Å². The molecule has 1 aliphatic heterocycles. The lowest BCUT2D eigenvalue weighted by Gasteiger charge is -2.25. The number of likely N-dealkylation sites (tertiary alicyclic amines) is 1. The minimum atomic E-state index is 0.0405. The van der Waals surface area contributed by atoms with Crippen molar-refractivity contribution in [2.24, 2.45) is 0 Å². The van der Waals surface area contributed by atoms with Crippen LogP contribution in [0.5, 0.6) is 11.5 Å². The molecule has 0 radical (unpaired) electrons. The average molecular weight is 278 g/mol. The number of amides is 1. The minimum Gasteiger partial charge on any atom is -0.497 e. The van der Waals surface area contributed by atoms with Gasteiger partial charge >= 0.3 is 0 Å². The van der Waals surface area contributed by atoms with E-state index in [1.54, 1.807) is 21.3 Å². The first kappa shape index (κ1) is 14.7. The van der Waals surface area contributed by atoms with Gasteiger partial charge in [-0.25, -0.2) is 0 Å². The maximum atomic E-state index is 11.6. The second kappa shape index (κ2) is 6.61. The predicted octanol–water partition coefficient (Wildman–Crippen LogP) is 1.59. The van der Waals surface area contributed by atoms with Crippen LogP contribution in [0.1, 0.15) is 24.4 Å². The number of hydrogen-bond donors (Lipinski definition) is 1. The summed E-state index contributed by atoms with van der Waals surface area (Å²) in [5.41, 5.74) is 1.09. The van der Waals surface area contributed by atoms with Crippen LogP contribution in [0.2, 0.25) is 0 Å². The Bertz CT molecular complexity index is 476. The molecular weight excluding hydrogens is 256 g/mol. The third kappa shape index (κ3) is 3.04. The van der Waals surface area contributed by atoms with Gasteiger partial charge in [0.1, 0.15) is 11.5 Å². The van der Waals surface area contributed by atoms with Gasteiger partial charge in [-0.3, -0.25) is 9.69 Å². The van der Waals surface area contributed by atoms with Crippen molar-refractivity contribution in [1.29, 1.82) is 0 Å². The van der Waals surface area contributed by atoms with Gasteiger partial charge in [0.2, 0.25) is 5.91 Å². The molecule has 110 valence electrons. The molecule has 2 rings (SSSR count). The fourth-order valence-corrected chi connectivity index (χ4v) is 2.73. The summed E-state index contributed by atoms with van der Waals surface area (Å²) in [4.78, 5) is 13.8. The second-order valence-electron chi connectivity index (χ2n) is 4.91. The molecule has 1 amide bonds. The van der Waals surface area contributed by atoms with Crippen LogP contribution in [-0.2, 0) is 4.79 Å². The molecule has 0 spiro atoms. The minimum absolute atomic E-state index is 0.0405. The highest BCUT2D eigenvalue weighted by Gasteiger charge is 2.29. The van der Waals surface area contributed by atoms with Crippen molar-refractivity contribution in [2.75, 3.05) is 34.4 Å². The summed E-state index contributed by atoms with van der Waals surface area (Å²) >= 11 is 0. The zero-order valence-corrected chi connectivity index (χ0v) is 12.3. The highest BCUT2D eigenvalue weighted by molar-refractivity contribution is 5.77. The molecule has 1 aromatic rings. The number of nitrogens with one attached hydrogen (secondary N) is 1. The zero-order chi connectivity index (χ0) is 14.5. The second-order valence-corrected chi connectivity index (χ2v) is 4.91. The molecule has 5 nitrogen and oxygen atoms in total.